The zero-order valence-corrected chi connectivity index (χ0v) is 13.4. The summed E-state index contributed by atoms with van der Waals surface area (Å²) < 4.78 is 1.23. The van der Waals surface area contributed by atoms with Gasteiger partial charge in [-0.3, -0.25) is 23.8 Å². The quantitative estimate of drug-likeness (QED) is 0.738. The van der Waals surface area contributed by atoms with Gasteiger partial charge in [0.15, 0.2) is 0 Å². The van der Waals surface area contributed by atoms with Crippen molar-refractivity contribution in [2.24, 2.45) is 0 Å². The number of hydrogen-bond acceptors (Lipinski definition) is 5. The second kappa shape index (κ2) is 6.91. The van der Waals surface area contributed by atoms with Crippen molar-refractivity contribution in [3.63, 3.8) is 0 Å². The molecule has 0 saturated heterocycles. The second-order valence-electron chi connectivity index (χ2n) is 5.34. The molecular formula is C17H15N5O3. The van der Waals surface area contributed by atoms with Crippen LogP contribution in [0.2, 0.25) is 0 Å². The molecule has 0 aliphatic rings. The van der Waals surface area contributed by atoms with Crippen LogP contribution in [0.5, 0.6) is 0 Å². The zero-order chi connectivity index (χ0) is 17.8. The van der Waals surface area contributed by atoms with Crippen molar-refractivity contribution in [3.8, 4) is 0 Å². The van der Waals surface area contributed by atoms with Crippen molar-refractivity contribution < 1.29 is 9.59 Å². The fourth-order valence-corrected chi connectivity index (χ4v) is 2.27. The molecule has 126 valence electrons. The largest absolute Gasteiger partial charge is 0.348 e. The van der Waals surface area contributed by atoms with Crippen molar-refractivity contribution >= 4 is 23.1 Å². The number of carbonyl (C=O) groups is 2. The number of fused-ring (bicyclic) bond motifs is 1. The van der Waals surface area contributed by atoms with Crippen molar-refractivity contribution in [2.75, 3.05) is 5.32 Å². The zero-order valence-electron chi connectivity index (χ0n) is 13.4. The van der Waals surface area contributed by atoms with Crippen LogP contribution in [0.3, 0.4) is 0 Å². The average molecular weight is 337 g/mol. The van der Waals surface area contributed by atoms with Crippen molar-refractivity contribution in [1.82, 2.24) is 19.7 Å². The molecule has 0 unspecified atom stereocenters. The minimum atomic E-state index is -0.455. The number of nitrogens with one attached hydrogen (secondary N) is 2. The Morgan fingerprint density at radius 1 is 1.16 bits per heavy atom. The summed E-state index contributed by atoms with van der Waals surface area (Å²) in [5, 5.41) is 5.19. The normalized spacial score (nSPS) is 10.4. The summed E-state index contributed by atoms with van der Waals surface area (Å²) in [4.78, 5) is 43.8. The number of hydrogen-bond donors (Lipinski definition) is 2. The van der Waals surface area contributed by atoms with Gasteiger partial charge in [0, 0.05) is 32.1 Å². The third-order valence-electron chi connectivity index (χ3n) is 3.48. The average Bonchev–Trinajstić information content (AvgIpc) is 2.62. The highest BCUT2D eigenvalue weighted by Crippen LogP contribution is 2.06. The third-order valence-corrected chi connectivity index (χ3v) is 3.48. The highest BCUT2D eigenvalue weighted by atomic mass is 16.2. The molecule has 25 heavy (non-hydrogen) atoms. The van der Waals surface area contributed by atoms with Gasteiger partial charge in [0.25, 0.3) is 11.5 Å². The maximum atomic E-state index is 12.4. The van der Waals surface area contributed by atoms with E-state index in [0.29, 0.717) is 17.8 Å². The molecule has 8 nitrogen and oxygen atoms in total. The summed E-state index contributed by atoms with van der Waals surface area (Å²) in [6.07, 6.45) is 5.98. The smallest absolute Gasteiger partial charge is 0.281 e. The number of pyridine rings is 2. The second-order valence-corrected chi connectivity index (χ2v) is 5.34. The lowest BCUT2D eigenvalue weighted by molar-refractivity contribution is -0.114. The Morgan fingerprint density at radius 2 is 1.92 bits per heavy atom. The lowest BCUT2D eigenvalue weighted by Gasteiger charge is -2.08. The molecular weight excluding hydrogens is 322 g/mol. The molecule has 2 amide bonds. The van der Waals surface area contributed by atoms with Gasteiger partial charge >= 0.3 is 0 Å². The van der Waals surface area contributed by atoms with Gasteiger partial charge in [0.05, 0.1) is 11.8 Å². The van der Waals surface area contributed by atoms with Gasteiger partial charge in [0.1, 0.15) is 11.3 Å². The topological polar surface area (TPSA) is 105 Å². The Hall–Kier alpha value is -3.55. The van der Waals surface area contributed by atoms with E-state index in [1.54, 1.807) is 36.7 Å². The molecule has 3 aromatic heterocycles. The van der Waals surface area contributed by atoms with Crippen LogP contribution in [-0.4, -0.2) is 26.2 Å². The van der Waals surface area contributed by atoms with Gasteiger partial charge in [-0.2, -0.15) is 0 Å². The summed E-state index contributed by atoms with van der Waals surface area (Å²) in [5.74, 6) is -0.694. The van der Waals surface area contributed by atoms with E-state index in [1.807, 2.05) is 0 Å². The lowest BCUT2D eigenvalue weighted by atomic mass is 10.2. The number of nitrogens with zero attached hydrogens (tertiary/aromatic N) is 3. The van der Waals surface area contributed by atoms with E-state index in [-0.39, 0.29) is 17.5 Å². The van der Waals surface area contributed by atoms with Crippen molar-refractivity contribution in [3.05, 3.63) is 70.5 Å². The minimum absolute atomic E-state index is 0.0549. The number of carbonyl (C=O) groups excluding carboxylic acids is 2. The first-order valence-electron chi connectivity index (χ1n) is 7.51. The number of rotatable bonds is 4. The van der Waals surface area contributed by atoms with Crippen molar-refractivity contribution in [2.45, 2.75) is 13.5 Å². The Morgan fingerprint density at radius 3 is 2.64 bits per heavy atom. The molecule has 0 radical (unpaired) electrons. The van der Waals surface area contributed by atoms with Crippen LogP contribution in [0.15, 0.2) is 53.8 Å². The molecule has 0 atom stereocenters. The van der Waals surface area contributed by atoms with Gasteiger partial charge < -0.3 is 10.6 Å². The van der Waals surface area contributed by atoms with E-state index in [9.17, 15) is 14.4 Å². The Kier molecular flexibility index (Phi) is 4.51. The minimum Gasteiger partial charge on any atom is -0.348 e. The highest BCUT2D eigenvalue weighted by Gasteiger charge is 2.10. The van der Waals surface area contributed by atoms with E-state index < -0.39 is 5.56 Å². The molecule has 0 saturated carbocycles. The van der Waals surface area contributed by atoms with Gasteiger partial charge in [-0.1, -0.05) is 0 Å². The van der Waals surface area contributed by atoms with Crippen LogP contribution < -0.4 is 16.2 Å². The van der Waals surface area contributed by atoms with Gasteiger partial charge in [-0.15, -0.1) is 0 Å². The molecule has 3 rings (SSSR count). The Bertz CT molecular complexity index is 998. The number of anilines is 1. The first-order chi connectivity index (χ1) is 12.0. The van der Waals surface area contributed by atoms with E-state index in [4.69, 9.17) is 0 Å². The Labute approximate surface area is 142 Å². The van der Waals surface area contributed by atoms with Crippen LogP contribution in [0, 0.1) is 0 Å². The van der Waals surface area contributed by atoms with Gasteiger partial charge in [-0.05, 0) is 29.8 Å². The summed E-state index contributed by atoms with van der Waals surface area (Å²) >= 11 is 0. The third kappa shape index (κ3) is 3.69. The molecule has 0 aliphatic carbocycles. The molecule has 3 heterocycles. The van der Waals surface area contributed by atoms with E-state index in [0.717, 1.165) is 5.56 Å². The molecule has 0 fully saturated rings. The molecule has 2 N–H and O–H groups in total. The predicted octanol–water partition coefficient (Wildman–Crippen LogP) is 0.978. The van der Waals surface area contributed by atoms with Crippen LogP contribution in [-0.2, 0) is 11.3 Å². The fourth-order valence-electron chi connectivity index (χ4n) is 2.27. The maximum absolute atomic E-state index is 12.4. The van der Waals surface area contributed by atoms with Crippen LogP contribution >= 0.6 is 0 Å². The van der Waals surface area contributed by atoms with Crippen molar-refractivity contribution in [1.29, 1.82) is 0 Å². The summed E-state index contributed by atoms with van der Waals surface area (Å²) in [6.45, 7) is 1.65. The molecule has 0 aromatic carbocycles. The van der Waals surface area contributed by atoms with Gasteiger partial charge in [-0.25, -0.2) is 4.98 Å². The predicted molar refractivity (Wildman–Crippen MR) is 91.2 cm³/mol. The summed E-state index contributed by atoms with van der Waals surface area (Å²) in [5.41, 5.74) is 1.20. The highest BCUT2D eigenvalue weighted by molar-refractivity contribution is 5.94. The summed E-state index contributed by atoms with van der Waals surface area (Å²) in [7, 11) is 0. The maximum Gasteiger partial charge on any atom is 0.281 e. The SMILES string of the molecule is CC(=O)Nc1cnc2ccc(C(=O)NCc3ccncc3)cn2c1=O. The first kappa shape index (κ1) is 16.3. The van der Waals surface area contributed by atoms with Crippen LogP contribution in [0.4, 0.5) is 5.69 Å². The molecule has 3 aromatic rings. The molecule has 0 bridgehead atoms. The fraction of sp³-hybridized carbons (Fsp3) is 0.118. The summed E-state index contributed by atoms with van der Waals surface area (Å²) in [6, 6.07) is 6.76. The first-order valence-corrected chi connectivity index (χ1v) is 7.51. The van der Waals surface area contributed by atoms with E-state index >= 15 is 0 Å². The molecule has 0 aliphatic heterocycles. The lowest BCUT2D eigenvalue weighted by Crippen LogP contribution is -2.25. The number of aromatic nitrogens is 3. The molecule has 0 spiro atoms. The monoisotopic (exact) mass is 337 g/mol. The number of amides is 2. The standard InChI is InChI=1S/C17H15N5O3/c1-11(23)21-14-9-19-15-3-2-13(10-22(15)17(14)25)16(24)20-8-12-4-6-18-7-5-12/h2-7,9-10H,8H2,1H3,(H,20,24)(H,21,23). The van der Waals surface area contributed by atoms with Crippen LogP contribution in [0.25, 0.3) is 5.65 Å². The van der Waals surface area contributed by atoms with E-state index in [1.165, 1.54) is 23.7 Å². The van der Waals surface area contributed by atoms with Crippen LogP contribution in [0.1, 0.15) is 22.8 Å². The Balaban J connectivity index is 1.86. The van der Waals surface area contributed by atoms with Gasteiger partial charge in [0.2, 0.25) is 5.91 Å². The molecule has 8 heteroatoms. The van der Waals surface area contributed by atoms with E-state index in [2.05, 4.69) is 20.6 Å².